The lowest BCUT2D eigenvalue weighted by Crippen LogP contribution is -2.32. The fourth-order valence-corrected chi connectivity index (χ4v) is 2.86. The molecule has 25 heavy (non-hydrogen) atoms. The highest BCUT2D eigenvalue weighted by Crippen LogP contribution is 2.18. The summed E-state index contributed by atoms with van der Waals surface area (Å²) < 4.78 is 21.0. The number of aryl methyl sites for hydroxylation is 1. The minimum Gasteiger partial charge on any atom is -0.367 e. The normalized spacial score (nSPS) is 12.3. The van der Waals surface area contributed by atoms with E-state index in [1.54, 1.807) is 6.07 Å². The van der Waals surface area contributed by atoms with E-state index in [1.165, 1.54) is 13.2 Å². The number of para-hydroxylation sites is 1. The van der Waals surface area contributed by atoms with Crippen LogP contribution in [0.25, 0.3) is 11.0 Å². The minimum atomic E-state index is -0.654. The largest absolute Gasteiger partial charge is 0.367 e. The van der Waals surface area contributed by atoms with Gasteiger partial charge in [-0.15, -0.1) is 0 Å². The van der Waals surface area contributed by atoms with Gasteiger partial charge in [-0.3, -0.25) is 4.79 Å². The molecule has 1 heterocycles. The maximum absolute atomic E-state index is 13.8. The highest BCUT2D eigenvalue weighted by molar-refractivity contribution is 5.82. The first-order chi connectivity index (χ1) is 12.1. The summed E-state index contributed by atoms with van der Waals surface area (Å²) in [5.74, 6) is 0.166. The standard InChI is InChI=1S/C19H20FN3O2/c1-23-15-10-6-9-14(20)17(15)22-16(23)11-12-21-19(24)18(25-2)13-7-4-3-5-8-13/h3-10,18H,11-12H2,1-2H3,(H,21,24)/t18-/m1/s1. The molecule has 0 aliphatic carbocycles. The van der Waals surface area contributed by atoms with Gasteiger partial charge in [0.25, 0.3) is 5.91 Å². The molecule has 1 aromatic heterocycles. The number of halogens is 1. The average molecular weight is 341 g/mol. The van der Waals surface area contributed by atoms with Crippen LogP contribution in [0.1, 0.15) is 17.5 Å². The molecule has 3 rings (SSSR count). The first-order valence-corrected chi connectivity index (χ1v) is 8.07. The predicted molar refractivity (Wildman–Crippen MR) is 93.6 cm³/mol. The number of amides is 1. The summed E-state index contributed by atoms with van der Waals surface area (Å²) in [6, 6.07) is 14.2. The highest BCUT2D eigenvalue weighted by Gasteiger charge is 2.19. The third-order valence-electron chi connectivity index (χ3n) is 4.18. The molecule has 0 saturated carbocycles. The molecular weight excluding hydrogens is 321 g/mol. The fourth-order valence-electron chi connectivity index (χ4n) is 2.86. The van der Waals surface area contributed by atoms with Crippen LogP contribution in [0.5, 0.6) is 0 Å². The van der Waals surface area contributed by atoms with Crippen molar-refractivity contribution in [1.82, 2.24) is 14.9 Å². The third-order valence-corrected chi connectivity index (χ3v) is 4.18. The van der Waals surface area contributed by atoms with Crippen LogP contribution in [0.4, 0.5) is 4.39 Å². The van der Waals surface area contributed by atoms with Gasteiger partial charge >= 0.3 is 0 Å². The topological polar surface area (TPSA) is 56.1 Å². The van der Waals surface area contributed by atoms with Crippen molar-refractivity contribution in [3.63, 3.8) is 0 Å². The summed E-state index contributed by atoms with van der Waals surface area (Å²) in [5.41, 5.74) is 1.89. The number of hydrogen-bond acceptors (Lipinski definition) is 3. The van der Waals surface area contributed by atoms with Crippen molar-refractivity contribution in [3.8, 4) is 0 Å². The summed E-state index contributed by atoms with van der Waals surface area (Å²) in [5, 5.41) is 2.86. The lowest BCUT2D eigenvalue weighted by molar-refractivity contribution is -0.131. The molecule has 0 bridgehead atoms. The van der Waals surface area contributed by atoms with E-state index in [2.05, 4.69) is 10.3 Å². The van der Waals surface area contributed by atoms with Crippen LogP contribution < -0.4 is 5.32 Å². The Hall–Kier alpha value is -2.73. The van der Waals surface area contributed by atoms with Crippen molar-refractivity contribution in [1.29, 1.82) is 0 Å². The second-order valence-electron chi connectivity index (χ2n) is 5.76. The van der Waals surface area contributed by atoms with E-state index in [9.17, 15) is 9.18 Å². The fraction of sp³-hybridized carbons (Fsp3) is 0.263. The van der Waals surface area contributed by atoms with Gasteiger partial charge in [0, 0.05) is 27.1 Å². The van der Waals surface area contributed by atoms with Gasteiger partial charge in [0.15, 0.2) is 11.9 Å². The molecule has 0 aliphatic rings. The van der Waals surface area contributed by atoms with Gasteiger partial charge in [-0.25, -0.2) is 9.37 Å². The molecule has 0 saturated heterocycles. The smallest absolute Gasteiger partial charge is 0.253 e. The van der Waals surface area contributed by atoms with Crippen LogP contribution in [0, 0.1) is 5.82 Å². The second kappa shape index (κ2) is 7.44. The van der Waals surface area contributed by atoms with E-state index in [1.807, 2.05) is 48.0 Å². The lowest BCUT2D eigenvalue weighted by atomic mass is 10.1. The van der Waals surface area contributed by atoms with Crippen molar-refractivity contribution in [2.24, 2.45) is 7.05 Å². The Balaban J connectivity index is 1.65. The number of carbonyl (C=O) groups excluding carboxylic acids is 1. The first kappa shape index (κ1) is 17.1. The number of methoxy groups -OCH3 is 1. The molecular formula is C19H20FN3O2. The lowest BCUT2D eigenvalue weighted by Gasteiger charge is -2.15. The zero-order valence-electron chi connectivity index (χ0n) is 14.2. The number of fused-ring (bicyclic) bond motifs is 1. The predicted octanol–water partition coefficient (Wildman–Crippen LogP) is 2.76. The molecule has 1 atom stereocenters. The molecule has 2 aromatic carbocycles. The van der Waals surface area contributed by atoms with Crippen molar-refractivity contribution in [3.05, 3.63) is 65.7 Å². The summed E-state index contributed by atoms with van der Waals surface area (Å²) in [6.45, 7) is 0.393. The van der Waals surface area contributed by atoms with Crippen molar-refractivity contribution in [2.75, 3.05) is 13.7 Å². The maximum Gasteiger partial charge on any atom is 0.253 e. The van der Waals surface area contributed by atoms with Gasteiger partial charge in [0.05, 0.1) is 5.52 Å². The summed E-state index contributed by atoms with van der Waals surface area (Å²) in [7, 11) is 3.35. The van der Waals surface area contributed by atoms with Crippen LogP contribution in [-0.2, 0) is 23.0 Å². The molecule has 1 amide bonds. The highest BCUT2D eigenvalue weighted by atomic mass is 19.1. The van der Waals surface area contributed by atoms with E-state index >= 15 is 0 Å². The Morgan fingerprint density at radius 3 is 2.68 bits per heavy atom. The Labute approximate surface area is 145 Å². The Kier molecular flexibility index (Phi) is 5.09. The van der Waals surface area contributed by atoms with Crippen LogP contribution in [0.15, 0.2) is 48.5 Å². The van der Waals surface area contributed by atoms with Gasteiger partial charge in [-0.1, -0.05) is 36.4 Å². The van der Waals surface area contributed by atoms with Gasteiger partial charge < -0.3 is 14.6 Å². The number of nitrogens with one attached hydrogen (secondary N) is 1. The van der Waals surface area contributed by atoms with E-state index in [0.717, 1.165) is 11.1 Å². The van der Waals surface area contributed by atoms with Crippen LogP contribution in [0.2, 0.25) is 0 Å². The summed E-state index contributed by atoms with van der Waals surface area (Å²) >= 11 is 0. The summed E-state index contributed by atoms with van der Waals surface area (Å²) in [4.78, 5) is 16.7. The maximum atomic E-state index is 13.8. The van der Waals surface area contributed by atoms with Gasteiger partial charge in [-0.05, 0) is 17.7 Å². The molecule has 5 nitrogen and oxygen atoms in total. The second-order valence-corrected chi connectivity index (χ2v) is 5.76. The first-order valence-electron chi connectivity index (χ1n) is 8.07. The van der Waals surface area contributed by atoms with Crippen LogP contribution in [-0.4, -0.2) is 29.1 Å². The van der Waals surface area contributed by atoms with Crippen molar-refractivity contribution in [2.45, 2.75) is 12.5 Å². The Bertz CT molecular complexity index is 877. The summed E-state index contributed by atoms with van der Waals surface area (Å²) in [6.07, 6.45) is -0.152. The molecule has 0 spiro atoms. The SMILES string of the molecule is CO[C@@H](C(=O)NCCc1nc2c(F)cccc2n1C)c1ccccc1. The molecule has 0 fully saturated rings. The van der Waals surface area contributed by atoms with Crippen LogP contribution >= 0.6 is 0 Å². The van der Waals surface area contributed by atoms with Gasteiger partial charge in [-0.2, -0.15) is 0 Å². The monoisotopic (exact) mass is 341 g/mol. The van der Waals surface area contributed by atoms with Gasteiger partial charge in [0.1, 0.15) is 11.3 Å². The van der Waals surface area contributed by atoms with E-state index < -0.39 is 6.10 Å². The molecule has 3 aromatic rings. The van der Waals surface area contributed by atoms with Gasteiger partial charge in [0.2, 0.25) is 0 Å². The third kappa shape index (κ3) is 3.53. The number of nitrogens with zero attached hydrogens (tertiary/aromatic N) is 2. The van der Waals surface area contributed by atoms with Crippen molar-refractivity contribution < 1.29 is 13.9 Å². The number of hydrogen-bond donors (Lipinski definition) is 1. The molecule has 0 radical (unpaired) electrons. The zero-order valence-corrected chi connectivity index (χ0v) is 14.2. The number of aromatic nitrogens is 2. The number of carbonyl (C=O) groups is 1. The van der Waals surface area contributed by atoms with E-state index in [-0.39, 0.29) is 11.7 Å². The average Bonchev–Trinajstić information content (AvgIpc) is 2.94. The number of ether oxygens (including phenoxy) is 1. The quantitative estimate of drug-likeness (QED) is 0.750. The Morgan fingerprint density at radius 1 is 1.24 bits per heavy atom. The molecule has 0 unspecified atom stereocenters. The van der Waals surface area contributed by atoms with E-state index in [0.29, 0.717) is 24.3 Å². The number of rotatable bonds is 6. The van der Waals surface area contributed by atoms with Crippen molar-refractivity contribution >= 4 is 16.9 Å². The minimum absolute atomic E-state index is 0.210. The Morgan fingerprint density at radius 2 is 2.00 bits per heavy atom. The van der Waals surface area contributed by atoms with E-state index in [4.69, 9.17) is 4.74 Å². The zero-order chi connectivity index (χ0) is 17.8. The number of imidazole rings is 1. The number of benzene rings is 2. The van der Waals surface area contributed by atoms with Crippen LogP contribution in [0.3, 0.4) is 0 Å². The molecule has 0 aliphatic heterocycles. The molecule has 6 heteroatoms. The molecule has 130 valence electrons. The molecule has 1 N–H and O–H groups in total.